The van der Waals surface area contributed by atoms with E-state index in [0.717, 1.165) is 22.9 Å². The number of hydrogen-bond acceptors (Lipinski definition) is 2. The van der Waals surface area contributed by atoms with Crippen molar-refractivity contribution in [1.29, 1.82) is 0 Å². The van der Waals surface area contributed by atoms with E-state index in [9.17, 15) is 0 Å². The molecule has 8 rings (SSSR count). The molecule has 192 valence electrons. The normalized spacial score (nSPS) is 13.4. The van der Waals surface area contributed by atoms with E-state index >= 15 is 0 Å². The number of anilines is 3. The first-order valence-corrected chi connectivity index (χ1v) is 13.8. The smallest absolute Gasteiger partial charge is 0.204 e. The van der Waals surface area contributed by atoms with Gasteiger partial charge in [-0.3, -0.25) is 4.90 Å². The fraction of sp³-hybridized carbons (Fsp3) is 0.0811. The van der Waals surface area contributed by atoms with Gasteiger partial charge in [-0.2, -0.15) is 0 Å². The highest BCUT2D eigenvalue weighted by Gasteiger charge is 2.35. The highest BCUT2D eigenvalue weighted by Crippen LogP contribution is 2.50. The molecule has 0 atom stereocenters. The summed E-state index contributed by atoms with van der Waals surface area (Å²) in [5.41, 5.74) is 11.0. The predicted molar refractivity (Wildman–Crippen MR) is 165 cm³/mol. The number of nitrogens with zero attached hydrogens (tertiary/aromatic N) is 2. The van der Waals surface area contributed by atoms with Gasteiger partial charge in [0.15, 0.2) is 0 Å². The van der Waals surface area contributed by atoms with Gasteiger partial charge >= 0.3 is 0 Å². The molecule has 0 aliphatic heterocycles. The summed E-state index contributed by atoms with van der Waals surface area (Å²) < 4.78 is 8.38. The summed E-state index contributed by atoms with van der Waals surface area (Å²) in [5, 5.41) is 2.44. The molecule has 3 nitrogen and oxygen atoms in total. The summed E-state index contributed by atoms with van der Waals surface area (Å²) in [4.78, 5) is 2.23. The maximum atomic E-state index is 6.03. The van der Waals surface area contributed by atoms with Crippen molar-refractivity contribution >= 4 is 39.1 Å². The van der Waals surface area contributed by atoms with Gasteiger partial charge in [0.05, 0.1) is 17.3 Å². The Bertz CT molecular complexity index is 2030. The zero-order chi connectivity index (χ0) is 26.8. The van der Waals surface area contributed by atoms with E-state index in [1.807, 2.05) is 12.1 Å². The topological polar surface area (TPSA) is 21.3 Å². The van der Waals surface area contributed by atoms with Crippen LogP contribution >= 0.6 is 0 Å². The molecule has 0 radical (unpaired) electrons. The van der Waals surface area contributed by atoms with Crippen molar-refractivity contribution in [2.45, 2.75) is 19.3 Å². The van der Waals surface area contributed by atoms with Gasteiger partial charge in [-0.15, -0.1) is 0 Å². The second-order valence-corrected chi connectivity index (χ2v) is 11.1. The largest absolute Gasteiger partial charge is 0.448 e. The second kappa shape index (κ2) is 8.49. The molecule has 5 aromatic carbocycles. The Kier molecular flexibility index (Phi) is 4.86. The molecule has 0 unspecified atom stereocenters. The SMILES string of the molecule is CC1(C)c2ccccc2-c2ccc(N(c3ccc4c(c3)c3ccccc3n4-c3ccccc3)c3ccco3)cc21. The van der Waals surface area contributed by atoms with E-state index in [1.54, 1.807) is 6.26 Å². The molecule has 40 heavy (non-hydrogen) atoms. The lowest BCUT2D eigenvalue weighted by atomic mass is 9.82. The van der Waals surface area contributed by atoms with Gasteiger partial charge in [-0.25, -0.2) is 0 Å². The molecular weight excluding hydrogens is 488 g/mol. The van der Waals surface area contributed by atoms with Crippen molar-refractivity contribution in [3.8, 4) is 16.8 Å². The van der Waals surface area contributed by atoms with Gasteiger partial charge < -0.3 is 8.98 Å². The number of aromatic nitrogens is 1. The second-order valence-electron chi connectivity index (χ2n) is 11.1. The van der Waals surface area contributed by atoms with Crippen molar-refractivity contribution < 1.29 is 4.42 Å². The van der Waals surface area contributed by atoms with E-state index in [0.29, 0.717) is 0 Å². The minimum absolute atomic E-state index is 0.0795. The lowest BCUT2D eigenvalue weighted by Crippen LogP contribution is -2.16. The van der Waals surface area contributed by atoms with Crippen LogP contribution < -0.4 is 4.90 Å². The first-order valence-electron chi connectivity index (χ1n) is 13.8. The lowest BCUT2D eigenvalue weighted by Gasteiger charge is -2.26. The Morgan fingerprint density at radius 1 is 0.575 bits per heavy atom. The van der Waals surface area contributed by atoms with Crippen LogP contribution in [0.4, 0.5) is 17.3 Å². The first kappa shape index (κ1) is 22.9. The maximum Gasteiger partial charge on any atom is 0.204 e. The summed E-state index contributed by atoms with van der Waals surface area (Å²) in [7, 11) is 0. The van der Waals surface area contributed by atoms with Gasteiger partial charge in [0.25, 0.3) is 0 Å². The lowest BCUT2D eigenvalue weighted by molar-refractivity contribution is 0.573. The van der Waals surface area contributed by atoms with Crippen LogP contribution in [0.25, 0.3) is 38.6 Å². The fourth-order valence-electron chi connectivity index (χ4n) is 6.59. The molecule has 0 bridgehead atoms. The molecule has 0 saturated heterocycles. The van der Waals surface area contributed by atoms with Crippen molar-refractivity contribution in [3.05, 3.63) is 145 Å². The van der Waals surface area contributed by atoms with Crippen LogP contribution in [0.1, 0.15) is 25.0 Å². The summed E-state index contributed by atoms with van der Waals surface area (Å²) in [6.45, 7) is 4.65. The Labute approximate surface area is 233 Å². The van der Waals surface area contributed by atoms with Crippen molar-refractivity contribution in [2.75, 3.05) is 4.90 Å². The van der Waals surface area contributed by atoms with Gasteiger partial charge in [-0.05, 0) is 76.9 Å². The van der Waals surface area contributed by atoms with Crippen molar-refractivity contribution in [3.63, 3.8) is 0 Å². The average Bonchev–Trinajstić information content (AvgIpc) is 3.69. The number of rotatable bonds is 4. The Balaban J connectivity index is 1.34. The summed E-state index contributed by atoms with van der Waals surface area (Å²) >= 11 is 0. The molecule has 1 aliphatic carbocycles. The van der Waals surface area contributed by atoms with Gasteiger partial charge in [0.2, 0.25) is 5.88 Å². The van der Waals surface area contributed by atoms with Gasteiger partial charge in [-0.1, -0.05) is 80.6 Å². The van der Waals surface area contributed by atoms with E-state index in [1.165, 1.54) is 44.1 Å². The van der Waals surface area contributed by atoms with E-state index in [-0.39, 0.29) is 5.41 Å². The third-order valence-electron chi connectivity index (χ3n) is 8.48. The first-order chi connectivity index (χ1) is 19.6. The molecule has 1 aliphatic rings. The zero-order valence-electron chi connectivity index (χ0n) is 22.5. The van der Waals surface area contributed by atoms with Gasteiger partial charge in [0, 0.05) is 39.3 Å². The molecule has 7 aromatic rings. The molecule has 0 spiro atoms. The number of furan rings is 1. The van der Waals surface area contributed by atoms with Crippen LogP contribution in [0.3, 0.4) is 0 Å². The molecule has 2 heterocycles. The third-order valence-corrected chi connectivity index (χ3v) is 8.48. The molecule has 3 heteroatoms. The fourth-order valence-corrected chi connectivity index (χ4v) is 6.59. The minimum Gasteiger partial charge on any atom is -0.448 e. The summed E-state index contributed by atoms with van der Waals surface area (Å²) in [6.07, 6.45) is 1.75. The van der Waals surface area contributed by atoms with Crippen molar-refractivity contribution in [2.24, 2.45) is 0 Å². The van der Waals surface area contributed by atoms with Crippen LogP contribution in [0.5, 0.6) is 0 Å². The molecular formula is C37H28N2O. The summed E-state index contributed by atoms with van der Waals surface area (Å²) in [6, 6.07) is 45.6. The van der Waals surface area contributed by atoms with Crippen molar-refractivity contribution in [1.82, 2.24) is 4.57 Å². The monoisotopic (exact) mass is 516 g/mol. The minimum atomic E-state index is -0.0795. The molecule has 0 N–H and O–H groups in total. The van der Waals surface area contributed by atoms with Crippen LogP contribution in [0.15, 0.2) is 138 Å². The number of fused-ring (bicyclic) bond motifs is 6. The zero-order valence-corrected chi connectivity index (χ0v) is 22.5. The maximum absolute atomic E-state index is 6.03. The van der Waals surface area contributed by atoms with Crippen LogP contribution in [0.2, 0.25) is 0 Å². The summed E-state index contributed by atoms with van der Waals surface area (Å²) in [5.74, 6) is 0.791. The average molecular weight is 517 g/mol. The third kappa shape index (κ3) is 3.24. The van der Waals surface area contributed by atoms with Crippen LogP contribution in [-0.4, -0.2) is 4.57 Å². The Morgan fingerprint density at radius 2 is 1.27 bits per heavy atom. The quantitative estimate of drug-likeness (QED) is 0.232. The van der Waals surface area contributed by atoms with Crippen LogP contribution in [0, 0.1) is 0 Å². The van der Waals surface area contributed by atoms with E-state index in [4.69, 9.17) is 4.42 Å². The van der Waals surface area contributed by atoms with E-state index < -0.39 is 0 Å². The standard InChI is InChI=1S/C37H28N2O/c1-37(2)32-15-8-6-13-28(32)29-20-18-27(24-33(29)37)38(36-17-10-22-40-36)26-19-21-35-31(23-26)30-14-7-9-16-34(30)39(35)25-11-4-3-5-12-25/h3-24H,1-2H3. The molecule has 0 saturated carbocycles. The van der Waals surface area contributed by atoms with Gasteiger partial charge in [0.1, 0.15) is 0 Å². The predicted octanol–water partition coefficient (Wildman–Crippen LogP) is 10.2. The highest BCUT2D eigenvalue weighted by molar-refractivity contribution is 6.10. The van der Waals surface area contributed by atoms with E-state index in [2.05, 4.69) is 139 Å². The Morgan fingerprint density at radius 3 is 2.12 bits per heavy atom. The molecule has 2 aromatic heterocycles. The highest BCUT2D eigenvalue weighted by atomic mass is 16.3. The molecule has 0 amide bonds. The number of para-hydroxylation sites is 2. The number of hydrogen-bond donors (Lipinski definition) is 0. The van der Waals surface area contributed by atoms with Crippen LogP contribution in [-0.2, 0) is 5.41 Å². The number of benzene rings is 5. The Hall–Kier alpha value is -5.02. The molecule has 0 fully saturated rings.